The number of anilines is 1. The van der Waals surface area contributed by atoms with E-state index in [9.17, 15) is 4.79 Å². The number of oxazole rings is 1. The average Bonchev–Trinajstić information content (AvgIpc) is 3.01. The van der Waals surface area contributed by atoms with Gasteiger partial charge in [-0.05, 0) is 17.5 Å². The first kappa shape index (κ1) is 14.7. The second-order valence-electron chi connectivity index (χ2n) is 6.01. The van der Waals surface area contributed by atoms with Gasteiger partial charge >= 0.3 is 0 Å². The zero-order chi connectivity index (χ0) is 16.5. The molecule has 4 rings (SSSR count). The third-order valence-electron chi connectivity index (χ3n) is 4.33. The van der Waals surface area contributed by atoms with E-state index in [1.54, 1.807) is 25.5 Å². The Kier molecular flexibility index (Phi) is 3.65. The van der Waals surface area contributed by atoms with Crippen LogP contribution >= 0.6 is 0 Å². The van der Waals surface area contributed by atoms with Crippen molar-refractivity contribution in [1.82, 2.24) is 14.8 Å². The molecule has 1 aliphatic rings. The van der Waals surface area contributed by atoms with Gasteiger partial charge in [-0.2, -0.15) is 5.10 Å². The largest absolute Gasteiger partial charge is 0.449 e. The molecule has 0 atom stereocenters. The van der Waals surface area contributed by atoms with Crippen LogP contribution in [0.2, 0.25) is 0 Å². The van der Waals surface area contributed by atoms with Gasteiger partial charge in [0.2, 0.25) is 0 Å². The standard InChI is InChI=1S/C18H18N4O2/c1-13-20-16(12-24-13)11-22-18(23)8-17(9-19-22)21-7-6-14-4-2-3-5-15(14)10-21/h2-5,8-9,12H,6-7,10-11H2,1H3. The van der Waals surface area contributed by atoms with Crippen LogP contribution in [-0.4, -0.2) is 21.3 Å². The van der Waals surface area contributed by atoms with Gasteiger partial charge in [0.15, 0.2) is 5.89 Å². The monoisotopic (exact) mass is 322 g/mol. The van der Waals surface area contributed by atoms with Crippen molar-refractivity contribution in [2.24, 2.45) is 0 Å². The second kappa shape index (κ2) is 5.96. The summed E-state index contributed by atoms with van der Waals surface area (Å²) < 4.78 is 6.57. The molecule has 0 amide bonds. The number of rotatable bonds is 3. The summed E-state index contributed by atoms with van der Waals surface area (Å²) in [7, 11) is 0. The normalized spacial score (nSPS) is 13.8. The van der Waals surface area contributed by atoms with Crippen LogP contribution in [0.15, 0.2) is 52.0 Å². The summed E-state index contributed by atoms with van der Waals surface area (Å²) in [5.41, 5.74) is 4.12. The fourth-order valence-corrected chi connectivity index (χ4v) is 3.07. The van der Waals surface area contributed by atoms with Gasteiger partial charge in [-0.3, -0.25) is 4.79 Å². The van der Waals surface area contributed by atoms with Crippen LogP contribution in [0, 0.1) is 6.92 Å². The van der Waals surface area contributed by atoms with Crippen LogP contribution < -0.4 is 10.5 Å². The summed E-state index contributed by atoms with van der Waals surface area (Å²) in [6.45, 7) is 3.80. The fourth-order valence-electron chi connectivity index (χ4n) is 3.07. The topological polar surface area (TPSA) is 64.2 Å². The number of hydrogen-bond acceptors (Lipinski definition) is 5. The molecule has 6 heteroatoms. The van der Waals surface area contributed by atoms with E-state index in [1.165, 1.54) is 15.8 Å². The summed E-state index contributed by atoms with van der Waals surface area (Å²) in [5.74, 6) is 0.585. The summed E-state index contributed by atoms with van der Waals surface area (Å²) in [4.78, 5) is 18.8. The van der Waals surface area contributed by atoms with Gasteiger partial charge < -0.3 is 9.32 Å². The summed E-state index contributed by atoms with van der Waals surface area (Å²) in [6.07, 6.45) is 4.29. The first-order valence-corrected chi connectivity index (χ1v) is 7.99. The lowest BCUT2D eigenvalue weighted by Gasteiger charge is -2.30. The van der Waals surface area contributed by atoms with Crippen molar-refractivity contribution in [2.75, 3.05) is 11.4 Å². The molecule has 3 aromatic rings. The minimum absolute atomic E-state index is 0.132. The summed E-state index contributed by atoms with van der Waals surface area (Å²) in [6, 6.07) is 10.1. The molecule has 0 aliphatic carbocycles. The zero-order valence-electron chi connectivity index (χ0n) is 13.5. The van der Waals surface area contributed by atoms with E-state index in [-0.39, 0.29) is 5.56 Å². The van der Waals surface area contributed by atoms with Gasteiger partial charge in [0.05, 0.1) is 18.4 Å². The first-order valence-electron chi connectivity index (χ1n) is 7.99. The van der Waals surface area contributed by atoms with Gasteiger partial charge in [0.25, 0.3) is 5.56 Å². The molecule has 1 aromatic carbocycles. The second-order valence-corrected chi connectivity index (χ2v) is 6.01. The minimum atomic E-state index is -0.132. The quantitative estimate of drug-likeness (QED) is 0.739. The van der Waals surface area contributed by atoms with Crippen LogP contribution in [0.1, 0.15) is 22.7 Å². The maximum Gasteiger partial charge on any atom is 0.269 e. The van der Waals surface area contributed by atoms with E-state index in [0.717, 1.165) is 25.2 Å². The maximum atomic E-state index is 12.4. The molecule has 6 nitrogen and oxygen atoms in total. The Bertz CT molecular complexity index is 929. The average molecular weight is 322 g/mol. The van der Waals surface area contributed by atoms with Crippen LogP contribution in [0.4, 0.5) is 5.69 Å². The highest BCUT2D eigenvalue weighted by Crippen LogP contribution is 2.22. The van der Waals surface area contributed by atoms with E-state index in [0.29, 0.717) is 18.1 Å². The zero-order valence-corrected chi connectivity index (χ0v) is 13.5. The highest BCUT2D eigenvalue weighted by atomic mass is 16.3. The number of benzene rings is 1. The Morgan fingerprint density at radius 1 is 1.25 bits per heavy atom. The Labute approximate surface area is 139 Å². The number of nitrogens with zero attached hydrogens (tertiary/aromatic N) is 4. The number of fused-ring (bicyclic) bond motifs is 1. The predicted octanol–water partition coefficient (Wildman–Crippen LogP) is 2.15. The van der Waals surface area contributed by atoms with Crippen LogP contribution in [0.25, 0.3) is 0 Å². The third kappa shape index (κ3) is 2.82. The van der Waals surface area contributed by atoms with Crippen LogP contribution in [0.3, 0.4) is 0 Å². The molecule has 122 valence electrons. The Balaban J connectivity index is 1.55. The van der Waals surface area contributed by atoms with E-state index in [4.69, 9.17) is 4.42 Å². The van der Waals surface area contributed by atoms with Crippen LogP contribution in [-0.2, 0) is 19.5 Å². The highest BCUT2D eigenvalue weighted by Gasteiger charge is 2.17. The van der Waals surface area contributed by atoms with E-state index < -0.39 is 0 Å². The minimum Gasteiger partial charge on any atom is -0.449 e. The molecule has 0 bridgehead atoms. The van der Waals surface area contributed by atoms with Gasteiger partial charge in [0, 0.05) is 26.1 Å². The first-order chi connectivity index (χ1) is 11.7. The number of aryl methyl sites for hydroxylation is 1. The lowest BCUT2D eigenvalue weighted by molar-refractivity contribution is 0.519. The molecular weight excluding hydrogens is 304 g/mol. The van der Waals surface area contributed by atoms with E-state index in [1.807, 2.05) is 0 Å². The summed E-state index contributed by atoms with van der Waals surface area (Å²) >= 11 is 0. The lowest BCUT2D eigenvalue weighted by atomic mass is 10.00. The highest BCUT2D eigenvalue weighted by molar-refractivity contribution is 5.47. The number of aromatic nitrogens is 3. The van der Waals surface area contributed by atoms with Gasteiger partial charge in [-0.1, -0.05) is 24.3 Å². The van der Waals surface area contributed by atoms with E-state index in [2.05, 4.69) is 39.2 Å². The summed E-state index contributed by atoms with van der Waals surface area (Å²) in [5, 5.41) is 4.29. The lowest BCUT2D eigenvalue weighted by Crippen LogP contribution is -2.32. The SMILES string of the molecule is Cc1nc(Cn2ncc(N3CCc4ccccc4C3)cc2=O)co1. The van der Waals surface area contributed by atoms with Crippen molar-refractivity contribution in [3.05, 3.63) is 75.9 Å². The van der Waals surface area contributed by atoms with E-state index >= 15 is 0 Å². The van der Waals surface area contributed by atoms with Crippen molar-refractivity contribution in [3.63, 3.8) is 0 Å². The third-order valence-corrected chi connectivity index (χ3v) is 4.33. The molecule has 1 aliphatic heterocycles. The molecule has 0 N–H and O–H groups in total. The maximum absolute atomic E-state index is 12.4. The Hall–Kier alpha value is -2.89. The fraction of sp³-hybridized carbons (Fsp3) is 0.278. The molecule has 0 saturated carbocycles. The molecule has 3 heterocycles. The van der Waals surface area contributed by atoms with Crippen molar-refractivity contribution >= 4 is 5.69 Å². The van der Waals surface area contributed by atoms with Crippen molar-refractivity contribution in [1.29, 1.82) is 0 Å². The molecule has 0 saturated heterocycles. The molecule has 0 spiro atoms. The van der Waals surface area contributed by atoms with Gasteiger partial charge in [-0.15, -0.1) is 0 Å². The molecule has 0 unspecified atom stereocenters. The van der Waals surface area contributed by atoms with Gasteiger partial charge in [0.1, 0.15) is 12.0 Å². The van der Waals surface area contributed by atoms with Crippen molar-refractivity contribution in [2.45, 2.75) is 26.4 Å². The number of hydrogen-bond donors (Lipinski definition) is 0. The van der Waals surface area contributed by atoms with Crippen molar-refractivity contribution in [3.8, 4) is 0 Å². The molecule has 2 aromatic heterocycles. The van der Waals surface area contributed by atoms with Crippen LogP contribution in [0.5, 0.6) is 0 Å². The Morgan fingerprint density at radius 2 is 2.08 bits per heavy atom. The molecule has 24 heavy (non-hydrogen) atoms. The molecule has 0 radical (unpaired) electrons. The smallest absolute Gasteiger partial charge is 0.269 e. The molecular formula is C18H18N4O2. The van der Waals surface area contributed by atoms with Gasteiger partial charge in [-0.25, -0.2) is 9.67 Å². The predicted molar refractivity (Wildman–Crippen MR) is 90.0 cm³/mol. The van der Waals surface area contributed by atoms with Crippen molar-refractivity contribution < 1.29 is 4.42 Å². The Morgan fingerprint density at radius 3 is 2.83 bits per heavy atom. The molecule has 0 fully saturated rings.